The Hall–Kier alpha value is -1.96. The van der Waals surface area contributed by atoms with Crippen LogP contribution in [0.15, 0.2) is 36.4 Å². The maximum Gasteiger partial charge on any atom is 0.119 e. The van der Waals surface area contributed by atoms with Crippen LogP contribution in [0.25, 0.3) is 0 Å². The third kappa shape index (κ3) is 2.85. The number of ether oxygens (including phenoxy) is 2. The van der Waals surface area contributed by atoms with Gasteiger partial charge in [-0.05, 0) is 116 Å². The predicted molar refractivity (Wildman–Crippen MR) is 109 cm³/mol. The van der Waals surface area contributed by atoms with Gasteiger partial charge < -0.3 is 9.47 Å². The van der Waals surface area contributed by atoms with E-state index in [9.17, 15) is 0 Å². The number of benzene rings is 2. The first-order valence-corrected chi connectivity index (χ1v) is 10.7. The average Bonchev–Trinajstić information content (AvgIpc) is 2.72. The van der Waals surface area contributed by atoms with E-state index < -0.39 is 0 Å². The Balaban J connectivity index is 1.43. The van der Waals surface area contributed by atoms with Crippen molar-refractivity contribution in [1.29, 1.82) is 0 Å². The van der Waals surface area contributed by atoms with Crippen LogP contribution < -0.4 is 9.47 Å². The predicted octanol–water partition coefficient (Wildman–Crippen LogP) is 5.88. The van der Waals surface area contributed by atoms with E-state index in [-0.39, 0.29) is 0 Å². The second-order valence-electron chi connectivity index (χ2n) is 8.55. The largest absolute Gasteiger partial charge is 0.497 e. The molecule has 0 bridgehead atoms. The number of aryl methyl sites for hydroxylation is 2. The minimum atomic E-state index is 0.749. The molecule has 0 amide bonds. The van der Waals surface area contributed by atoms with Crippen molar-refractivity contribution >= 4 is 0 Å². The SMILES string of the molecule is CCOc1ccc2c(c1)CC[C@H]1[C@@H]3CCc4cc(OC)ccc4[C@@H]3CC[C@H]21. The maximum absolute atomic E-state index is 5.74. The van der Waals surface area contributed by atoms with E-state index >= 15 is 0 Å². The molecule has 3 aliphatic carbocycles. The van der Waals surface area contributed by atoms with Crippen LogP contribution in [0.1, 0.15) is 66.7 Å². The van der Waals surface area contributed by atoms with Crippen LogP contribution in [0, 0.1) is 11.8 Å². The van der Waals surface area contributed by atoms with Crippen molar-refractivity contribution in [3.05, 3.63) is 58.7 Å². The number of rotatable bonds is 3. The topological polar surface area (TPSA) is 18.5 Å². The van der Waals surface area contributed by atoms with E-state index in [0.717, 1.165) is 41.8 Å². The highest BCUT2D eigenvalue weighted by Crippen LogP contribution is 2.56. The van der Waals surface area contributed by atoms with Crippen LogP contribution in [0.3, 0.4) is 0 Å². The summed E-state index contributed by atoms with van der Waals surface area (Å²) in [6.45, 7) is 2.81. The lowest BCUT2D eigenvalue weighted by molar-refractivity contribution is 0.136. The van der Waals surface area contributed by atoms with Gasteiger partial charge in [0.2, 0.25) is 0 Å². The van der Waals surface area contributed by atoms with E-state index in [1.807, 2.05) is 0 Å². The van der Waals surface area contributed by atoms with Gasteiger partial charge in [0.1, 0.15) is 11.5 Å². The van der Waals surface area contributed by atoms with Crippen molar-refractivity contribution in [2.45, 2.75) is 57.3 Å². The average molecular weight is 363 g/mol. The summed E-state index contributed by atoms with van der Waals surface area (Å²) in [5.41, 5.74) is 6.31. The lowest BCUT2D eigenvalue weighted by atomic mass is 9.56. The summed E-state index contributed by atoms with van der Waals surface area (Å²) >= 11 is 0. The molecule has 1 fully saturated rings. The van der Waals surface area contributed by atoms with Crippen molar-refractivity contribution in [2.24, 2.45) is 11.8 Å². The molecule has 0 heterocycles. The first-order valence-electron chi connectivity index (χ1n) is 10.7. The molecular formula is C25H30O2. The van der Waals surface area contributed by atoms with Crippen molar-refractivity contribution < 1.29 is 9.47 Å². The molecule has 0 N–H and O–H groups in total. The van der Waals surface area contributed by atoms with Gasteiger partial charge in [-0.3, -0.25) is 0 Å². The standard InChI is InChI=1S/C25H30O2/c1-3-27-19-7-11-21-17(15-19)5-9-25-23(21)13-12-22-20-10-6-18(26-2)14-16(20)4-8-24(22)25/h6-7,10-11,14-15,22-25H,3-5,8-9,12-13H2,1-2H3/t22-,23+,24+,25+/m0/s1. The number of fused-ring (bicyclic) bond motifs is 7. The summed E-state index contributed by atoms with van der Waals surface area (Å²) in [5.74, 6) is 5.27. The maximum atomic E-state index is 5.74. The van der Waals surface area contributed by atoms with Crippen molar-refractivity contribution in [3.63, 3.8) is 0 Å². The van der Waals surface area contributed by atoms with Crippen molar-refractivity contribution in [3.8, 4) is 11.5 Å². The molecule has 142 valence electrons. The molecule has 0 aliphatic heterocycles. The van der Waals surface area contributed by atoms with E-state index in [1.54, 1.807) is 23.8 Å². The molecule has 0 spiro atoms. The molecule has 3 aliphatic rings. The van der Waals surface area contributed by atoms with Crippen LogP contribution in [0.2, 0.25) is 0 Å². The van der Waals surface area contributed by atoms with Crippen LogP contribution >= 0.6 is 0 Å². The summed E-state index contributed by atoms with van der Waals surface area (Å²) in [6, 6.07) is 13.7. The lowest BCUT2D eigenvalue weighted by Gasteiger charge is -2.49. The minimum Gasteiger partial charge on any atom is -0.497 e. The normalized spacial score (nSPS) is 28.4. The molecule has 0 unspecified atom stereocenters. The van der Waals surface area contributed by atoms with Crippen molar-refractivity contribution in [2.75, 3.05) is 13.7 Å². The Morgan fingerprint density at radius 3 is 1.89 bits per heavy atom. The van der Waals surface area contributed by atoms with E-state index in [2.05, 4.69) is 43.3 Å². The summed E-state index contributed by atoms with van der Waals surface area (Å²) in [6.07, 6.45) is 7.79. The van der Waals surface area contributed by atoms with Crippen LogP contribution in [-0.2, 0) is 12.8 Å². The zero-order chi connectivity index (χ0) is 18.4. The van der Waals surface area contributed by atoms with Gasteiger partial charge in [-0.2, -0.15) is 0 Å². The summed E-state index contributed by atoms with van der Waals surface area (Å²) in [4.78, 5) is 0. The zero-order valence-electron chi connectivity index (χ0n) is 16.5. The lowest BCUT2D eigenvalue weighted by Crippen LogP contribution is -2.38. The molecule has 0 radical (unpaired) electrons. The highest BCUT2D eigenvalue weighted by Gasteiger charge is 2.44. The Kier molecular flexibility index (Phi) is 4.38. The van der Waals surface area contributed by atoms with Crippen LogP contribution in [0.5, 0.6) is 11.5 Å². The molecule has 1 saturated carbocycles. The molecule has 5 rings (SSSR count). The summed E-state index contributed by atoms with van der Waals surface area (Å²) in [7, 11) is 1.77. The third-order valence-corrected chi connectivity index (χ3v) is 7.44. The molecule has 0 aromatic heterocycles. The molecule has 2 heteroatoms. The summed E-state index contributed by atoms with van der Waals surface area (Å²) in [5, 5.41) is 0. The fourth-order valence-corrected chi connectivity index (χ4v) is 6.34. The Morgan fingerprint density at radius 2 is 1.33 bits per heavy atom. The van der Waals surface area contributed by atoms with Gasteiger partial charge in [0.15, 0.2) is 0 Å². The third-order valence-electron chi connectivity index (χ3n) is 7.44. The zero-order valence-corrected chi connectivity index (χ0v) is 16.5. The first kappa shape index (κ1) is 17.2. The van der Waals surface area contributed by atoms with Crippen LogP contribution in [0.4, 0.5) is 0 Å². The molecule has 27 heavy (non-hydrogen) atoms. The Labute approximate surface area is 162 Å². The quantitative estimate of drug-likeness (QED) is 0.679. The second kappa shape index (κ2) is 6.89. The smallest absolute Gasteiger partial charge is 0.119 e. The van der Waals surface area contributed by atoms with Gasteiger partial charge >= 0.3 is 0 Å². The fraction of sp³-hybridized carbons (Fsp3) is 0.520. The van der Waals surface area contributed by atoms with Gasteiger partial charge in [0.25, 0.3) is 0 Å². The van der Waals surface area contributed by atoms with Gasteiger partial charge in [-0.1, -0.05) is 12.1 Å². The number of hydrogen-bond donors (Lipinski definition) is 0. The van der Waals surface area contributed by atoms with Crippen LogP contribution in [-0.4, -0.2) is 13.7 Å². The van der Waals surface area contributed by atoms with E-state index in [0.29, 0.717) is 0 Å². The Bertz CT molecular complexity index is 840. The Morgan fingerprint density at radius 1 is 0.778 bits per heavy atom. The minimum absolute atomic E-state index is 0.749. The fourth-order valence-electron chi connectivity index (χ4n) is 6.34. The molecule has 0 saturated heterocycles. The van der Waals surface area contributed by atoms with Gasteiger partial charge in [-0.25, -0.2) is 0 Å². The number of methoxy groups -OCH3 is 1. The highest BCUT2D eigenvalue weighted by atomic mass is 16.5. The second-order valence-corrected chi connectivity index (χ2v) is 8.55. The van der Waals surface area contributed by atoms with Gasteiger partial charge in [0, 0.05) is 0 Å². The van der Waals surface area contributed by atoms with Crippen molar-refractivity contribution in [1.82, 2.24) is 0 Å². The molecule has 2 aromatic carbocycles. The van der Waals surface area contributed by atoms with Gasteiger partial charge in [-0.15, -0.1) is 0 Å². The molecule has 2 aromatic rings. The monoisotopic (exact) mass is 362 g/mol. The molecule has 2 nitrogen and oxygen atoms in total. The molecular weight excluding hydrogens is 332 g/mol. The summed E-state index contributed by atoms with van der Waals surface area (Å²) < 4.78 is 11.2. The number of hydrogen-bond acceptors (Lipinski definition) is 2. The van der Waals surface area contributed by atoms with Gasteiger partial charge in [0.05, 0.1) is 13.7 Å². The van der Waals surface area contributed by atoms with E-state index in [1.165, 1.54) is 44.1 Å². The molecule has 4 atom stereocenters. The van der Waals surface area contributed by atoms with E-state index in [4.69, 9.17) is 9.47 Å². The first-order chi connectivity index (χ1) is 13.3. The highest BCUT2D eigenvalue weighted by molar-refractivity contribution is 5.43.